The van der Waals surface area contributed by atoms with Crippen molar-refractivity contribution in [3.63, 3.8) is 0 Å². The van der Waals surface area contributed by atoms with E-state index in [9.17, 15) is 14.4 Å². The number of anilines is 2. The number of H-pyrrole nitrogens is 1. The molecule has 0 spiro atoms. The van der Waals surface area contributed by atoms with Gasteiger partial charge >= 0.3 is 11.7 Å². The number of esters is 1. The number of carbonyl (C=O) groups excluding carboxylic acids is 1. The average Bonchev–Trinajstić information content (AvgIpc) is 3.44. The van der Waals surface area contributed by atoms with Crippen molar-refractivity contribution in [1.29, 1.82) is 0 Å². The summed E-state index contributed by atoms with van der Waals surface area (Å²) >= 11 is 0. The Balaban J connectivity index is 1.48. The zero-order chi connectivity index (χ0) is 26.5. The van der Waals surface area contributed by atoms with Gasteiger partial charge in [0.1, 0.15) is 30.7 Å². The molecule has 0 aliphatic carbocycles. The second-order valence-corrected chi connectivity index (χ2v) is 9.09. The van der Waals surface area contributed by atoms with Crippen LogP contribution in [0, 0.1) is 0 Å². The van der Waals surface area contributed by atoms with Crippen LogP contribution in [-0.4, -0.2) is 67.8 Å². The number of pyridine rings is 1. The lowest BCUT2D eigenvalue weighted by Crippen LogP contribution is -2.34. The Morgan fingerprint density at radius 1 is 1.32 bits per heavy atom. The number of aromatic amines is 1. The molecule has 196 valence electrons. The van der Waals surface area contributed by atoms with E-state index in [1.54, 1.807) is 33.0 Å². The summed E-state index contributed by atoms with van der Waals surface area (Å²) < 4.78 is 26.2. The second-order valence-electron chi connectivity index (χ2n) is 9.09. The van der Waals surface area contributed by atoms with Crippen molar-refractivity contribution in [3.8, 4) is 0 Å². The first-order valence-corrected chi connectivity index (χ1v) is 11.6. The van der Waals surface area contributed by atoms with Gasteiger partial charge in [0, 0.05) is 19.8 Å². The highest BCUT2D eigenvalue weighted by Gasteiger charge is 2.57. The van der Waals surface area contributed by atoms with E-state index < -0.39 is 47.5 Å². The van der Waals surface area contributed by atoms with Crippen molar-refractivity contribution in [3.05, 3.63) is 57.4 Å². The minimum Gasteiger partial charge on any atom is -0.459 e. The number of rotatable bonds is 7. The maximum Gasteiger partial charge on any atom is 0.339 e. The summed E-state index contributed by atoms with van der Waals surface area (Å²) in [5.74, 6) is -1.16. The SMILES string of the molecule is C=CCn1c(=O)n([C@@H]2O[C@H](COC(=O)c3ccc(NC)nc3)[C@H]3OC(C)(C)O[C@H]32)c2nc(N)[nH]c(=O)c21. The van der Waals surface area contributed by atoms with Gasteiger partial charge in [-0.1, -0.05) is 6.08 Å². The molecule has 37 heavy (non-hydrogen) atoms. The van der Waals surface area contributed by atoms with Gasteiger partial charge < -0.3 is 30.0 Å². The molecule has 5 heterocycles. The molecule has 0 radical (unpaired) electrons. The largest absolute Gasteiger partial charge is 0.459 e. The normalized spacial score (nSPS) is 24.2. The van der Waals surface area contributed by atoms with Gasteiger partial charge in [-0.15, -0.1) is 6.58 Å². The van der Waals surface area contributed by atoms with Crippen molar-refractivity contribution in [1.82, 2.24) is 24.1 Å². The molecule has 4 N–H and O–H groups in total. The van der Waals surface area contributed by atoms with Gasteiger partial charge in [0.2, 0.25) is 5.95 Å². The lowest BCUT2D eigenvalue weighted by molar-refractivity contribution is -0.200. The van der Waals surface area contributed by atoms with Crippen LogP contribution in [0.1, 0.15) is 30.4 Å². The lowest BCUT2D eigenvalue weighted by Gasteiger charge is -2.24. The summed E-state index contributed by atoms with van der Waals surface area (Å²) in [4.78, 5) is 49.5. The molecule has 5 rings (SSSR count). The molecular weight excluding hydrogens is 486 g/mol. The molecule has 2 aliphatic rings. The number of imidazole rings is 1. The third-order valence-corrected chi connectivity index (χ3v) is 6.16. The fourth-order valence-electron chi connectivity index (χ4n) is 4.63. The van der Waals surface area contributed by atoms with E-state index in [0.29, 0.717) is 5.82 Å². The number of ether oxygens (including phenoxy) is 4. The van der Waals surface area contributed by atoms with Gasteiger partial charge in [0.25, 0.3) is 5.56 Å². The van der Waals surface area contributed by atoms with Gasteiger partial charge in [0.05, 0.1) is 5.56 Å². The van der Waals surface area contributed by atoms with Crippen LogP contribution < -0.4 is 22.3 Å². The molecule has 2 aliphatic heterocycles. The highest BCUT2D eigenvalue weighted by atomic mass is 16.8. The van der Waals surface area contributed by atoms with Crippen LogP contribution in [0.2, 0.25) is 0 Å². The van der Waals surface area contributed by atoms with Crippen LogP contribution in [-0.2, 0) is 25.5 Å². The molecule has 0 aromatic carbocycles. The Kier molecular flexibility index (Phi) is 6.09. The number of hydrogen-bond acceptors (Lipinski definition) is 11. The Morgan fingerprint density at radius 2 is 2.08 bits per heavy atom. The van der Waals surface area contributed by atoms with Gasteiger partial charge in [0.15, 0.2) is 23.2 Å². The summed E-state index contributed by atoms with van der Waals surface area (Å²) in [6.45, 7) is 6.99. The van der Waals surface area contributed by atoms with Crippen LogP contribution in [0.5, 0.6) is 0 Å². The van der Waals surface area contributed by atoms with E-state index in [-0.39, 0.29) is 35.8 Å². The molecule has 14 heteroatoms. The number of carbonyl (C=O) groups is 1. The van der Waals surface area contributed by atoms with Crippen molar-refractivity contribution in [2.75, 3.05) is 24.7 Å². The van der Waals surface area contributed by atoms with Gasteiger partial charge in [-0.25, -0.2) is 19.1 Å². The number of nitrogens with two attached hydrogens (primary N) is 1. The molecule has 4 atom stereocenters. The Bertz CT molecular complexity index is 1470. The standard InChI is InChI=1S/C23H27N7O7/c1-5-8-29-14-17(27-21(24)28-18(14)31)30(22(29)33)19-16-15(36-23(2,3)37-16)12(35-19)10-34-20(32)11-6-7-13(25-4)26-9-11/h5-7,9,12,15-16,19H,1,8,10H2,2-4H3,(H,25,26)(H3,24,27,28,31)/t12-,15-,16-,19-/m1/s1. The second kappa shape index (κ2) is 9.14. The number of nitrogens with one attached hydrogen (secondary N) is 2. The van der Waals surface area contributed by atoms with Gasteiger partial charge in [-0.2, -0.15) is 4.98 Å². The molecule has 0 amide bonds. The first-order valence-electron chi connectivity index (χ1n) is 11.6. The third-order valence-electron chi connectivity index (χ3n) is 6.16. The number of fused-ring (bicyclic) bond motifs is 2. The minimum atomic E-state index is -1.04. The van der Waals surface area contributed by atoms with E-state index in [2.05, 4.69) is 26.8 Å². The first-order chi connectivity index (χ1) is 17.6. The average molecular weight is 514 g/mol. The summed E-state index contributed by atoms with van der Waals surface area (Å²) in [5.41, 5.74) is 4.94. The smallest absolute Gasteiger partial charge is 0.339 e. The van der Waals surface area contributed by atoms with E-state index >= 15 is 0 Å². The summed E-state index contributed by atoms with van der Waals surface area (Å²) in [7, 11) is 1.72. The zero-order valence-corrected chi connectivity index (χ0v) is 20.5. The van der Waals surface area contributed by atoms with E-state index in [4.69, 9.17) is 24.7 Å². The van der Waals surface area contributed by atoms with Crippen LogP contribution in [0.25, 0.3) is 11.2 Å². The summed E-state index contributed by atoms with van der Waals surface area (Å²) in [5, 5.41) is 2.87. The number of hydrogen-bond donors (Lipinski definition) is 3. The predicted molar refractivity (Wildman–Crippen MR) is 131 cm³/mol. The quantitative estimate of drug-likeness (QED) is 0.294. The predicted octanol–water partition coefficient (Wildman–Crippen LogP) is 0.366. The van der Waals surface area contributed by atoms with Crippen molar-refractivity contribution in [2.45, 2.75) is 50.7 Å². The highest BCUT2D eigenvalue weighted by molar-refractivity contribution is 5.89. The fourth-order valence-corrected chi connectivity index (χ4v) is 4.63. The molecule has 0 bridgehead atoms. The van der Waals surface area contributed by atoms with Crippen LogP contribution in [0.3, 0.4) is 0 Å². The molecule has 0 unspecified atom stereocenters. The Morgan fingerprint density at radius 3 is 2.76 bits per heavy atom. The first kappa shape index (κ1) is 24.7. The van der Waals surface area contributed by atoms with Crippen molar-refractivity contribution < 1.29 is 23.7 Å². The Hall–Kier alpha value is -4.01. The number of nitrogens with zero attached hydrogens (tertiary/aromatic N) is 4. The van der Waals surface area contributed by atoms with E-state index in [1.165, 1.54) is 21.4 Å². The molecule has 0 saturated carbocycles. The van der Waals surface area contributed by atoms with Crippen LogP contribution in [0.4, 0.5) is 11.8 Å². The fraction of sp³-hybridized carbons (Fsp3) is 0.435. The topological polar surface area (TPSA) is 178 Å². The maximum absolute atomic E-state index is 13.5. The van der Waals surface area contributed by atoms with E-state index in [0.717, 1.165) is 0 Å². The molecule has 2 saturated heterocycles. The summed E-state index contributed by atoms with van der Waals surface area (Å²) in [6.07, 6.45) is -0.386. The zero-order valence-electron chi connectivity index (χ0n) is 20.5. The van der Waals surface area contributed by atoms with Crippen LogP contribution >= 0.6 is 0 Å². The molecule has 14 nitrogen and oxygen atoms in total. The number of aromatic nitrogens is 5. The van der Waals surface area contributed by atoms with E-state index in [1.807, 2.05) is 0 Å². The van der Waals surface area contributed by atoms with Gasteiger partial charge in [-0.05, 0) is 26.0 Å². The molecule has 2 fully saturated rings. The minimum absolute atomic E-state index is 0.0184. The molecule has 3 aromatic rings. The summed E-state index contributed by atoms with van der Waals surface area (Å²) in [6, 6.07) is 3.24. The van der Waals surface area contributed by atoms with Crippen molar-refractivity contribution in [2.24, 2.45) is 0 Å². The monoisotopic (exact) mass is 513 g/mol. The van der Waals surface area contributed by atoms with Crippen LogP contribution in [0.15, 0.2) is 40.6 Å². The number of nitrogen functional groups attached to an aromatic ring is 1. The highest BCUT2D eigenvalue weighted by Crippen LogP contribution is 2.43. The lowest BCUT2D eigenvalue weighted by atomic mass is 10.1. The molecular formula is C23H27N7O7. The van der Waals surface area contributed by atoms with Gasteiger partial charge in [-0.3, -0.25) is 14.3 Å². The Labute approximate surface area is 210 Å². The van der Waals surface area contributed by atoms with Crippen molar-refractivity contribution >= 4 is 28.9 Å². The number of allylic oxidation sites excluding steroid dienone is 1. The third kappa shape index (κ3) is 4.28. The molecule has 3 aromatic heterocycles. The maximum atomic E-state index is 13.5.